The van der Waals surface area contributed by atoms with Gasteiger partial charge in [0, 0.05) is 12.8 Å². The molecular formula is C22H38O4. The van der Waals surface area contributed by atoms with Crippen molar-refractivity contribution in [1.29, 1.82) is 0 Å². The van der Waals surface area contributed by atoms with E-state index in [-0.39, 0.29) is 11.9 Å². The second kappa shape index (κ2) is 19.7. The Kier molecular flexibility index (Phi) is 18.5. The number of hydrogen-bond acceptors (Lipinski definition) is 4. The molecule has 0 spiro atoms. The highest BCUT2D eigenvalue weighted by atomic mass is 16.5. The van der Waals surface area contributed by atoms with E-state index in [1.54, 1.807) is 0 Å². The molecule has 0 aliphatic heterocycles. The largest absolute Gasteiger partial charge is 0.469 e. The van der Waals surface area contributed by atoms with E-state index in [2.05, 4.69) is 33.8 Å². The summed E-state index contributed by atoms with van der Waals surface area (Å²) in [6.07, 6.45) is 23.5. The molecule has 0 amide bonds. The van der Waals surface area contributed by atoms with E-state index in [0.717, 1.165) is 51.4 Å². The molecule has 0 aliphatic carbocycles. The standard InChI is InChI=1S/C22H38O4/c1-25-21(23)19-17-15-13-11-9-7-5-3-4-6-8-10-12-14-16-18-20-22(24)26-2/h5-8H,3-4,9-20H2,1-2H3/b7-5+,8-6+. The zero-order valence-corrected chi connectivity index (χ0v) is 16.8. The van der Waals surface area contributed by atoms with Crippen LogP contribution in [0, 0.1) is 0 Å². The molecule has 0 heterocycles. The third kappa shape index (κ3) is 18.8. The smallest absolute Gasteiger partial charge is 0.305 e. The number of unbranched alkanes of at least 4 members (excludes halogenated alkanes) is 9. The predicted octanol–water partition coefficient (Wildman–Crippen LogP) is 5.91. The van der Waals surface area contributed by atoms with Gasteiger partial charge >= 0.3 is 11.9 Å². The molecule has 0 rings (SSSR count). The molecule has 0 aromatic heterocycles. The lowest BCUT2D eigenvalue weighted by atomic mass is 10.1. The molecule has 0 radical (unpaired) electrons. The van der Waals surface area contributed by atoms with E-state index in [1.165, 1.54) is 39.9 Å². The number of allylic oxidation sites excluding steroid dienone is 4. The number of rotatable bonds is 17. The molecular weight excluding hydrogens is 328 g/mol. The zero-order chi connectivity index (χ0) is 19.3. The summed E-state index contributed by atoms with van der Waals surface area (Å²) >= 11 is 0. The lowest BCUT2D eigenvalue weighted by molar-refractivity contribution is -0.141. The Labute approximate surface area is 160 Å². The molecule has 0 saturated carbocycles. The Morgan fingerprint density at radius 3 is 1.27 bits per heavy atom. The summed E-state index contributed by atoms with van der Waals surface area (Å²) in [6, 6.07) is 0. The van der Waals surface area contributed by atoms with Gasteiger partial charge in [-0.05, 0) is 51.4 Å². The van der Waals surface area contributed by atoms with Gasteiger partial charge in [0.2, 0.25) is 0 Å². The van der Waals surface area contributed by atoms with E-state index in [0.29, 0.717) is 12.8 Å². The lowest BCUT2D eigenvalue weighted by Crippen LogP contribution is -1.98. The fourth-order valence-electron chi connectivity index (χ4n) is 2.64. The minimum Gasteiger partial charge on any atom is -0.469 e. The molecule has 150 valence electrons. The molecule has 0 aromatic carbocycles. The van der Waals surface area contributed by atoms with Gasteiger partial charge in [-0.15, -0.1) is 0 Å². The van der Waals surface area contributed by atoms with E-state index in [4.69, 9.17) is 0 Å². The Balaban J connectivity index is 3.25. The van der Waals surface area contributed by atoms with Crippen LogP contribution in [0.2, 0.25) is 0 Å². The zero-order valence-electron chi connectivity index (χ0n) is 16.8. The molecule has 26 heavy (non-hydrogen) atoms. The van der Waals surface area contributed by atoms with Gasteiger partial charge in [0.05, 0.1) is 14.2 Å². The quantitative estimate of drug-likeness (QED) is 0.182. The molecule has 0 aromatic rings. The minimum absolute atomic E-state index is 0.100. The molecule has 0 atom stereocenters. The first-order valence-electron chi connectivity index (χ1n) is 10.1. The van der Waals surface area contributed by atoms with Crippen LogP contribution in [0.25, 0.3) is 0 Å². The van der Waals surface area contributed by atoms with Crippen molar-refractivity contribution in [3.63, 3.8) is 0 Å². The fourth-order valence-corrected chi connectivity index (χ4v) is 2.64. The van der Waals surface area contributed by atoms with Crippen LogP contribution in [0.1, 0.15) is 89.9 Å². The summed E-state index contributed by atoms with van der Waals surface area (Å²) in [6.45, 7) is 0. The predicted molar refractivity (Wildman–Crippen MR) is 107 cm³/mol. The number of esters is 2. The summed E-state index contributed by atoms with van der Waals surface area (Å²) < 4.78 is 9.24. The van der Waals surface area contributed by atoms with Crippen molar-refractivity contribution >= 4 is 11.9 Å². The average molecular weight is 367 g/mol. The maximum absolute atomic E-state index is 11.0. The van der Waals surface area contributed by atoms with E-state index < -0.39 is 0 Å². The van der Waals surface area contributed by atoms with E-state index in [9.17, 15) is 9.59 Å². The van der Waals surface area contributed by atoms with Crippen molar-refractivity contribution in [1.82, 2.24) is 0 Å². The molecule has 4 heteroatoms. The third-order valence-corrected chi connectivity index (χ3v) is 4.29. The third-order valence-electron chi connectivity index (χ3n) is 4.29. The minimum atomic E-state index is -0.100. The first kappa shape index (κ1) is 24.4. The molecule has 0 bridgehead atoms. The van der Waals surface area contributed by atoms with Crippen LogP contribution < -0.4 is 0 Å². The first-order valence-corrected chi connectivity index (χ1v) is 10.1. The first-order chi connectivity index (χ1) is 12.7. The van der Waals surface area contributed by atoms with Gasteiger partial charge in [-0.3, -0.25) is 9.59 Å². The van der Waals surface area contributed by atoms with Crippen LogP contribution in [-0.4, -0.2) is 26.2 Å². The van der Waals surface area contributed by atoms with Gasteiger partial charge in [0.15, 0.2) is 0 Å². The number of carbonyl (C=O) groups excluding carboxylic acids is 2. The highest BCUT2D eigenvalue weighted by Crippen LogP contribution is 2.08. The molecule has 0 aliphatic rings. The summed E-state index contributed by atoms with van der Waals surface area (Å²) in [7, 11) is 2.89. The summed E-state index contributed by atoms with van der Waals surface area (Å²) in [5.41, 5.74) is 0. The molecule has 0 saturated heterocycles. The van der Waals surface area contributed by atoms with Gasteiger partial charge in [0.1, 0.15) is 0 Å². The SMILES string of the molecule is COC(=O)CCCCCC/C=C/CC/C=C/CCCCCCC(=O)OC. The number of hydrogen-bond donors (Lipinski definition) is 0. The van der Waals surface area contributed by atoms with E-state index >= 15 is 0 Å². The number of carbonyl (C=O) groups is 2. The van der Waals surface area contributed by atoms with Crippen molar-refractivity contribution in [2.75, 3.05) is 14.2 Å². The Morgan fingerprint density at radius 2 is 0.885 bits per heavy atom. The normalized spacial score (nSPS) is 11.3. The van der Waals surface area contributed by atoms with Crippen LogP contribution in [0.4, 0.5) is 0 Å². The van der Waals surface area contributed by atoms with Crippen LogP contribution in [0.15, 0.2) is 24.3 Å². The Hall–Kier alpha value is -1.58. The monoisotopic (exact) mass is 366 g/mol. The topological polar surface area (TPSA) is 52.6 Å². The number of ether oxygens (including phenoxy) is 2. The van der Waals surface area contributed by atoms with Crippen molar-refractivity contribution in [2.45, 2.75) is 89.9 Å². The lowest BCUT2D eigenvalue weighted by Gasteiger charge is -1.99. The van der Waals surface area contributed by atoms with Crippen molar-refractivity contribution in [3.05, 3.63) is 24.3 Å². The highest BCUT2D eigenvalue weighted by Gasteiger charge is 1.99. The van der Waals surface area contributed by atoms with Crippen LogP contribution >= 0.6 is 0 Å². The summed E-state index contributed by atoms with van der Waals surface area (Å²) in [4.78, 5) is 21.9. The van der Waals surface area contributed by atoms with Crippen molar-refractivity contribution in [3.8, 4) is 0 Å². The van der Waals surface area contributed by atoms with E-state index in [1.807, 2.05) is 0 Å². The Bertz CT molecular complexity index is 361. The molecule has 0 unspecified atom stereocenters. The van der Waals surface area contributed by atoms with Gasteiger partial charge in [-0.1, -0.05) is 50.0 Å². The van der Waals surface area contributed by atoms with Crippen LogP contribution in [0.3, 0.4) is 0 Å². The second-order valence-corrected chi connectivity index (χ2v) is 6.58. The highest BCUT2D eigenvalue weighted by molar-refractivity contribution is 5.69. The van der Waals surface area contributed by atoms with Gasteiger partial charge in [-0.2, -0.15) is 0 Å². The summed E-state index contributed by atoms with van der Waals surface area (Å²) in [5.74, 6) is -0.201. The second-order valence-electron chi connectivity index (χ2n) is 6.58. The molecule has 4 nitrogen and oxygen atoms in total. The maximum atomic E-state index is 11.0. The molecule has 0 fully saturated rings. The molecule has 0 N–H and O–H groups in total. The summed E-state index contributed by atoms with van der Waals surface area (Å²) in [5, 5.41) is 0. The van der Waals surface area contributed by atoms with Gasteiger partial charge in [-0.25, -0.2) is 0 Å². The Morgan fingerprint density at radius 1 is 0.538 bits per heavy atom. The van der Waals surface area contributed by atoms with Crippen LogP contribution in [0.5, 0.6) is 0 Å². The van der Waals surface area contributed by atoms with Crippen molar-refractivity contribution in [2.24, 2.45) is 0 Å². The van der Waals surface area contributed by atoms with Crippen LogP contribution in [-0.2, 0) is 19.1 Å². The van der Waals surface area contributed by atoms with Crippen molar-refractivity contribution < 1.29 is 19.1 Å². The number of methoxy groups -OCH3 is 2. The average Bonchev–Trinajstić information content (AvgIpc) is 2.66. The fraction of sp³-hybridized carbons (Fsp3) is 0.727. The maximum Gasteiger partial charge on any atom is 0.305 e. The van der Waals surface area contributed by atoms with Gasteiger partial charge < -0.3 is 9.47 Å². The van der Waals surface area contributed by atoms with Gasteiger partial charge in [0.25, 0.3) is 0 Å².